The van der Waals surface area contributed by atoms with Crippen LogP contribution < -0.4 is 23.0 Å². The second kappa shape index (κ2) is 13.2. The Hall–Kier alpha value is -1.26. The smallest absolute Gasteiger partial charge is 0.338 e. The summed E-state index contributed by atoms with van der Waals surface area (Å²) in [5.74, 6) is -0.260. The van der Waals surface area contributed by atoms with Crippen molar-refractivity contribution in [3.8, 4) is 0 Å². The number of nitrogen functional groups attached to an aromatic ring is 1. The number of anilines is 1. The van der Waals surface area contributed by atoms with Gasteiger partial charge in [-0.2, -0.15) is 0 Å². The minimum absolute atomic E-state index is 0. The summed E-state index contributed by atoms with van der Waals surface area (Å²) in [6, 6.07) is 6.85. The lowest BCUT2D eigenvalue weighted by Crippen LogP contribution is -3.12. The minimum Gasteiger partial charge on any atom is -1.00 e. The molecule has 0 bridgehead atoms. The summed E-state index contributed by atoms with van der Waals surface area (Å²) in [7, 11) is 0. The summed E-state index contributed by atoms with van der Waals surface area (Å²) in [4.78, 5) is 13.5. The van der Waals surface area contributed by atoms with Crippen LogP contribution in [0.5, 0.6) is 0 Å². The fourth-order valence-electron chi connectivity index (χ4n) is 2.42. The van der Waals surface area contributed by atoms with Crippen LogP contribution in [0.15, 0.2) is 24.3 Å². The van der Waals surface area contributed by atoms with Gasteiger partial charge in [0.05, 0.1) is 31.8 Å². The molecule has 0 radical (unpaired) electrons. The molecule has 0 fully saturated rings. The molecule has 1 aromatic rings. The van der Waals surface area contributed by atoms with Crippen LogP contribution in [0.3, 0.4) is 0 Å². The van der Waals surface area contributed by atoms with Gasteiger partial charge in [-0.15, -0.1) is 0 Å². The van der Waals surface area contributed by atoms with Crippen molar-refractivity contribution < 1.29 is 26.8 Å². The molecule has 132 valence electrons. The van der Waals surface area contributed by atoms with E-state index >= 15 is 0 Å². The Kier molecular flexibility index (Phi) is 12.5. The van der Waals surface area contributed by atoms with Crippen molar-refractivity contribution in [2.75, 3.05) is 32.0 Å². The number of halogens is 1. The summed E-state index contributed by atoms with van der Waals surface area (Å²) in [5, 5.41) is 0. The molecule has 0 aliphatic heterocycles. The van der Waals surface area contributed by atoms with Gasteiger partial charge in [0.15, 0.2) is 0 Å². The maximum absolute atomic E-state index is 11.9. The Morgan fingerprint density at radius 1 is 1.00 bits per heavy atom. The molecule has 0 unspecified atom stereocenters. The number of nitrogens with two attached hydrogens (primary N) is 1. The molecular formula is C18H31ClN2O2. The number of rotatable bonds is 11. The topological polar surface area (TPSA) is 56.8 Å². The average Bonchev–Trinajstić information content (AvgIpc) is 2.53. The van der Waals surface area contributed by atoms with Crippen molar-refractivity contribution in [3.05, 3.63) is 29.8 Å². The quantitative estimate of drug-likeness (QED) is 0.318. The molecule has 0 spiro atoms. The fraction of sp³-hybridized carbons (Fsp3) is 0.611. The maximum Gasteiger partial charge on any atom is 0.338 e. The van der Waals surface area contributed by atoms with E-state index in [4.69, 9.17) is 10.5 Å². The first-order valence-electron chi connectivity index (χ1n) is 8.53. The van der Waals surface area contributed by atoms with E-state index in [2.05, 4.69) is 13.8 Å². The van der Waals surface area contributed by atoms with E-state index in [0.29, 0.717) is 17.9 Å². The van der Waals surface area contributed by atoms with Crippen molar-refractivity contribution in [1.29, 1.82) is 0 Å². The first-order valence-corrected chi connectivity index (χ1v) is 8.53. The number of unbranched alkanes of at least 4 members (excludes halogenated alkanes) is 2. The van der Waals surface area contributed by atoms with E-state index in [-0.39, 0.29) is 18.4 Å². The van der Waals surface area contributed by atoms with Crippen molar-refractivity contribution in [2.45, 2.75) is 46.0 Å². The molecule has 0 aliphatic rings. The number of quaternary nitrogens is 1. The van der Waals surface area contributed by atoms with Crippen LogP contribution in [0.25, 0.3) is 0 Å². The monoisotopic (exact) mass is 342 g/mol. The van der Waals surface area contributed by atoms with Crippen LogP contribution in [0, 0.1) is 0 Å². The summed E-state index contributed by atoms with van der Waals surface area (Å²) in [6.07, 6.45) is 5.93. The minimum atomic E-state index is -0.260. The SMILES string of the molecule is CCCC[NH+](CCCC)CCCOC(=O)c1ccc(N)cc1.[Cl-]. The lowest BCUT2D eigenvalue weighted by atomic mass is 10.2. The summed E-state index contributed by atoms with van der Waals surface area (Å²) in [5.41, 5.74) is 6.83. The predicted molar refractivity (Wildman–Crippen MR) is 91.1 cm³/mol. The zero-order valence-electron chi connectivity index (χ0n) is 14.4. The van der Waals surface area contributed by atoms with Gasteiger partial charge in [0.2, 0.25) is 0 Å². The highest BCUT2D eigenvalue weighted by Gasteiger charge is 2.09. The van der Waals surface area contributed by atoms with Crippen LogP contribution in [-0.2, 0) is 4.74 Å². The highest BCUT2D eigenvalue weighted by molar-refractivity contribution is 5.89. The second-order valence-corrected chi connectivity index (χ2v) is 5.82. The number of carbonyl (C=O) groups is 1. The van der Waals surface area contributed by atoms with Gasteiger partial charge in [-0.3, -0.25) is 0 Å². The second-order valence-electron chi connectivity index (χ2n) is 5.82. The molecule has 3 N–H and O–H groups in total. The molecule has 0 atom stereocenters. The third kappa shape index (κ3) is 9.47. The van der Waals surface area contributed by atoms with E-state index in [1.807, 2.05) is 0 Å². The Morgan fingerprint density at radius 2 is 1.52 bits per heavy atom. The molecule has 1 rings (SSSR count). The number of nitrogens with one attached hydrogen (secondary N) is 1. The van der Waals surface area contributed by atoms with Gasteiger partial charge in [0.1, 0.15) is 0 Å². The summed E-state index contributed by atoms with van der Waals surface area (Å²) in [6.45, 7) is 8.47. The average molecular weight is 343 g/mol. The molecule has 0 aromatic heterocycles. The number of benzene rings is 1. The van der Waals surface area contributed by atoms with Gasteiger partial charge >= 0.3 is 5.97 Å². The fourth-order valence-corrected chi connectivity index (χ4v) is 2.42. The number of carbonyl (C=O) groups excluding carboxylic acids is 1. The molecule has 0 aliphatic carbocycles. The largest absolute Gasteiger partial charge is 1.00 e. The zero-order chi connectivity index (χ0) is 16.2. The highest BCUT2D eigenvalue weighted by Crippen LogP contribution is 2.06. The van der Waals surface area contributed by atoms with Gasteiger partial charge in [0, 0.05) is 12.1 Å². The predicted octanol–water partition coefficient (Wildman–Crippen LogP) is -0.695. The standard InChI is InChI=1S/C18H30N2O2.ClH/c1-3-5-12-20(13-6-4-2)14-7-15-22-18(21)16-8-10-17(19)11-9-16;/h8-11H,3-7,12-15,19H2,1-2H3;1H. The normalized spacial score (nSPS) is 10.4. The molecule has 5 heteroatoms. The molecule has 23 heavy (non-hydrogen) atoms. The van der Waals surface area contributed by atoms with Crippen LogP contribution in [-0.4, -0.2) is 32.2 Å². The number of ether oxygens (including phenoxy) is 1. The van der Waals surface area contributed by atoms with Crippen molar-refractivity contribution in [2.24, 2.45) is 0 Å². The Bertz CT molecular complexity index is 416. The molecule has 0 saturated carbocycles. The lowest BCUT2D eigenvalue weighted by molar-refractivity contribution is -0.900. The summed E-state index contributed by atoms with van der Waals surface area (Å²) < 4.78 is 5.33. The lowest BCUT2D eigenvalue weighted by Gasteiger charge is -2.19. The maximum atomic E-state index is 11.9. The molecular weight excluding hydrogens is 312 g/mol. The van der Waals surface area contributed by atoms with Gasteiger partial charge in [-0.25, -0.2) is 4.79 Å². The molecule has 0 heterocycles. The van der Waals surface area contributed by atoms with E-state index in [9.17, 15) is 4.79 Å². The number of hydrogen-bond donors (Lipinski definition) is 2. The van der Waals surface area contributed by atoms with Crippen LogP contribution in [0.1, 0.15) is 56.3 Å². The van der Waals surface area contributed by atoms with Gasteiger partial charge in [-0.1, -0.05) is 26.7 Å². The number of hydrogen-bond acceptors (Lipinski definition) is 3. The van der Waals surface area contributed by atoms with E-state index in [1.54, 1.807) is 29.2 Å². The van der Waals surface area contributed by atoms with Crippen molar-refractivity contribution in [3.63, 3.8) is 0 Å². The van der Waals surface area contributed by atoms with Crippen LogP contribution in [0.2, 0.25) is 0 Å². The van der Waals surface area contributed by atoms with Crippen LogP contribution >= 0.6 is 0 Å². The highest BCUT2D eigenvalue weighted by atomic mass is 35.5. The van der Waals surface area contributed by atoms with Crippen molar-refractivity contribution in [1.82, 2.24) is 0 Å². The Morgan fingerprint density at radius 3 is 2.04 bits per heavy atom. The van der Waals surface area contributed by atoms with Gasteiger partial charge in [0.25, 0.3) is 0 Å². The van der Waals surface area contributed by atoms with Gasteiger partial charge < -0.3 is 27.8 Å². The molecule has 0 saturated heterocycles. The third-order valence-electron chi connectivity index (χ3n) is 3.82. The Balaban J connectivity index is 0.00000484. The van der Waals surface area contributed by atoms with E-state index in [1.165, 1.54) is 38.8 Å². The first kappa shape index (κ1) is 21.7. The van der Waals surface area contributed by atoms with Crippen LogP contribution in [0.4, 0.5) is 5.69 Å². The van der Waals surface area contributed by atoms with Gasteiger partial charge in [-0.05, 0) is 37.1 Å². The van der Waals surface area contributed by atoms with E-state index in [0.717, 1.165) is 13.0 Å². The molecule has 4 nitrogen and oxygen atoms in total. The van der Waals surface area contributed by atoms with E-state index < -0.39 is 0 Å². The Labute approximate surface area is 146 Å². The molecule has 0 amide bonds. The summed E-state index contributed by atoms with van der Waals surface area (Å²) >= 11 is 0. The number of esters is 1. The zero-order valence-corrected chi connectivity index (χ0v) is 15.2. The van der Waals surface area contributed by atoms with Crippen molar-refractivity contribution >= 4 is 11.7 Å². The molecule has 1 aromatic carbocycles. The first-order chi connectivity index (χ1) is 10.7. The third-order valence-corrected chi connectivity index (χ3v) is 3.82.